The summed E-state index contributed by atoms with van der Waals surface area (Å²) in [5.41, 5.74) is 1.70. The van der Waals surface area contributed by atoms with E-state index in [9.17, 15) is 4.79 Å². The van der Waals surface area contributed by atoms with Crippen molar-refractivity contribution in [3.63, 3.8) is 0 Å². The number of hydrogen-bond donors (Lipinski definition) is 1. The van der Waals surface area contributed by atoms with Crippen LogP contribution in [0.15, 0.2) is 24.3 Å². The highest BCUT2D eigenvalue weighted by atomic mass is 16.7. The van der Waals surface area contributed by atoms with E-state index in [4.69, 9.17) is 9.47 Å². The highest BCUT2D eigenvalue weighted by Crippen LogP contribution is 2.21. The van der Waals surface area contributed by atoms with E-state index in [1.165, 1.54) is 0 Å². The molecule has 1 amide bonds. The van der Waals surface area contributed by atoms with Gasteiger partial charge in [0, 0.05) is 18.5 Å². The molecule has 4 nitrogen and oxygen atoms in total. The van der Waals surface area contributed by atoms with E-state index < -0.39 is 5.79 Å². The van der Waals surface area contributed by atoms with Crippen LogP contribution in [0, 0.1) is 6.92 Å². The third-order valence-electron chi connectivity index (χ3n) is 3.15. The number of rotatable bonds is 4. The van der Waals surface area contributed by atoms with Crippen LogP contribution in [0.25, 0.3) is 0 Å². The Hall–Kier alpha value is -1.39. The summed E-state index contributed by atoms with van der Waals surface area (Å²) in [4.78, 5) is 12.0. The molecule has 0 atom stereocenters. The monoisotopic (exact) mass is 249 g/mol. The first-order chi connectivity index (χ1) is 8.61. The maximum atomic E-state index is 12.0. The van der Waals surface area contributed by atoms with Gasteiger partial charge in [-0.15, -0.1) is 0 Å². The second kappa shape index (κ2) is 5.50. The lowest BCUT2D eigenvalue weighted by Gasteiger charge is -2.22. The first-order valence-corrected chi connectivity index (χ1v) is 6.22. The first-order valence-electron chi connectivity index (χ1n) is 6.22. The molecule has 0 bridgehead atoms. The molecule has 0 aromatic heterocycles. The number of nitrogens with one attached hydrogen (secondary N) is 1. The molecule has 0 radical (unpaired) electrons. The molecule has 0 saturated carbocycles. The van der Waals surface area contributed by atoms with Crippen LogP contribution in [0.3, 0.4) is 0 Å². The Bertz CT molecular complexity index is 425. The second-order valence-electron chi connectivity index (χ2n) is 4.65. The fourth-order valence-electron chi connectivity index (χ4n) is 2.03. The molecule has 1 aliphatic rings. The van der Waals surface area contributed by atoms with Crippen molar-refractivity contribution in [3.8, 4) is 0 Å². The molecule has 0 aliphatic carbocycles. The largest absolute Gasteiger partial charge is 0.352 e. The van der Waals surface area contributed by atoms with Gasteiger partial charge in [0.2, 0.25) is 0 Å². The van der Waals surface area contributed by atoms with Crippen molar-refractivity contribution in [1.82, 2.24) is 5.32 Å². The average molecular weight is 249 g/mol. The summed E-state index contributed by atoms with van der Waals surface area (Å²) in [6.45, 7) is 5.63. The Morgan fingerprint density at radius 3 is 2.67 bits per heavy atom. The van der Waals surface area contributed by atoms with E-state index in [-0.39, 0.29) is 5.91 Å². The molecule has 98 valence electrons. The molecule has 0 spiro atoms. The summed E-state index contributed by atoms with van der Waals surface area (Å²) in [5.74, 6) is -0.589. The second-order valence-corrected chi connectivity index (χ2v) is 4.65. The molecule has 1 aromatic rings. The highest BCUT2D eigenvalue weighted by molar-refractivity contribution is 5.95. The molecule has 0 unspecified atom stereocenters. The van der Waals surface area contributed by atoms with E-state index in [0.29, 0.717) is 26.2 Å². The Morgan fingerprint density at radius 2 is 2.00 bits per heavy atom. The van der Waals surface area contributed by atoms with E-state index >= 15 is 0 Å². The molecule has 4 heteroatoms. The smallest absolute Gasteiger partial charge is 0.251 e. The minimum absolute atomic E-state index is 0.0466. The third-order valence-corrected chi connectivity index (χ3v) is 3.15. The average Bonchev–Trinajstić information content (AvgIpc) is 2.77. The molecule has 1 N–H and O–H groups in total. The molecular weight excluding hydrogens is 230 g/mol. The quantitative estimate of drug-likeness (QED) is 0.886. The van der Waals surface area contributed by atoms with Gasteiger partial charge in [0.15, 0.2) is 5.79 Å². The number of ether oxygens (including phenoxy) is 2. The number of carbonyl (C=O) groups is 1. The third kappa shape index (κ3) is 3.09. The van der Waals surface area contributed by atoms with Gasteiger partial charge >= 0.3 is 0 Å². The van der Waals surface area contributed by atoms with E-state index in [1.54, 1.807) is 0 Å². The fraction of sp³-hybridized carbons (Fsp3) is 0.500. The Morgan fingerprint density at radius 1 is 1.33 bits per heavy atom. The molecule has 2 rings (SSSR count). The number of carbonyl (C=O) groups excluding carboxylic acids is 1. The van der Waals surface area contributed by atoms with Crippen LogP contribution < -0.4 is 5.32 Å². The molecule has 1 aromatic carbocycles. The first kappa shape index (κ1) is 13.1. The van der Waals surface area contributed by atoms with E-state index in [2.05, 4.69) is 5.32 Å². The van der Waals surface area contributed by atoms with Crippen molar-refractivity contribution in [2.24, 2.45) is 0 Å². The van der Waals surface area contributed by atoms with Crippen LogP contribution in [0.4, 0.5) is 0 Å². The van der Waals surface area contributed by atoms with Crippen molar-refractivity contribution >= 4 is 5.91 Å². The lowest BCUT2D eigenvalue weighted by Crippen LogP contribution is -2.33. The number of amides is 1. The Labute approximate surface area is 107 Å². The summed E-state index contributed by atoms with van der Waals surface area (Å²) in [6.07, 6.45) is 0.657. The minimum atomic E-state index is -0.543. The molecule has 1 heterocycles. The van der Waals surface area contributed by atoms with Gasteiger partial charge in [-0.05, 0) is 25.5 Å². The Balaban J connectivity index is 1.84. The van der Waals surface area contributed by atoms with Crippen LogP contribution in [0.5, 0.6) is 0 Å². The highest BCUT2D eigenvalue weighted by Gasteiger charge is 2.30. The molecule has 18 heavy (non-hydrogen) atoms. The predicted molar refractivity (Wildman–Crippen MR) is 68.4 cm³/mol. The molecule has 1 aliphatic heterocycles. The van der Waals surface area contributed by atoms with Crippen LogP contribution in [0.2, 0.25) is 0 Å². The van der Waals surface area contributed by atoms with Crippen molar-refractivity contribution in [1.29, 1.82) is 0 Å². The van der Waals surface area contributed by atoms with Crippen LogP contribution in [-0.2, 0) is 9.47 Å². The minimum Gasteiger partial charge on any atom is -0.352 e. The zero-order valence-corrected chi connectivity index (χ0v) is 10.9. The van der Waals surface area contributed by atoms with Crippen LogP contribution >= 0.6 is 0 Å². The lowest BCUT2D eigenvalue weighted by molar-refractivity contribution is -0.145. The van der Waals surface area contributed by atoms with Gasteiger partial charge in [0.25, 0.3) is 5.91 Å². The van der Waals surface area contributed by atoms with Gasteiger partial charge in [0.05, 0.1) is 13.2 Å². The summed E-state index contributed by atoms with van der Waals surface area (Å²) in [6, 6.07) is 7.55. The zero-order valence-electron chi connectivity index (χ0n) is 10.9. The van der Waals surface area contributed by atoms with Crippen molar-refractivity contribution in [2.75, 3.05) is 19.8 Å². The number of hydrogen-bond acceptors (Lipinski definition) is 3. The van der Waals surface area contributed by atoms with E-state index in [0.717, 1.165) is 11.1 Å². The Kier molecular flexibility index (Phi) is 3.99. The van der Waals surface area contributed by atoms with Gasteiger partial charge in [-0.1, -0.05) is 18.2 Å². The summed E-state index contributed by atoms with van der Waals surface area (Å²) in [5, 5.41) is 2.89. The molecular formula is C14H19NO3. The SMILES string of the molecule is Cc1ccccc1C(=O)NCCC1(C)OCCO1. The number of benzene rings is 1. The van der Waals surface area contributed by atoms with Gasteiger partial charge in [-0.3, -0.25) is 4.79 Å². The van der Waals surface area contributed by atoms with Crippen LogP contribution in [0.1, 0.15) is 29.3 Å². The van der Waals surface area contributed by atoms with Crippen molar-refractivity contribution < 1.29 is 14.3 Å². The molecule has 1 saturated heterocycles. The summed E-state index contributed by atoms with van der Waals surface area (Å²) in [7, 11) is 0. The van der Waals surface area contributed by atoms with Crippen molar-refractivity contribution in [3.05, 3.63) is 35.4 Å². The topological polar surface area (TPSA) is 47.6 Å². The van der Waals surface area contributed by atoms with Gasteiger partial charge in [0.1, 0.15) is 0 Å². The molecule has 1 fully saturated rings. The maximum absolute atomic E-state index is 12.0. The van der Waals surface area contributed by atoms with Gasteiger partial charge in [-0.2, -0.15) is 0 Å². The lowest BCUT2D eigenvalue weighted by atomic mass is 10.1. The summed E-state index contributed by atoms with van der Waals surface area (Å²) >= 11 is 0. The zero-order chi connectivity index (χ0) is 13.0. The fourth-order valence-corrected chi connectivity index (χ4v) is 2.03. The summed E-state index contributed by atoms with van der Waals surface area (Å²) < 4.78 is 11.0. The van der Waals surface area contributed by atoms with Crippen LogP contribution in [-0.4, -0.2) is 31.5 Å². The predicted octanol–water partition coefficient (Wildman–Crippen LogP) is 1.88. The van der Waals surface area contributed by atoms with Crippen molar-refractivity contribution in [2.45, 2.75) is 26.1 Å². The standard InChI is InChI=1S/C14H19NO3/c1-11-5-3-4-6-12(11)13(16)15-8-7-14(2)17-9-10-18-14/h3-6H,7-10H2,1-2H3,(H,15,16). The maximum Gasteiger partial charge on any atom is 0.251 e. The number of aryl methyl sites for hydroxylation is 1. The van der Waals surface area contributed by atoms with Gasteiger partial charge in [-0.25, -0.2) is 0 Å². The normalized spacial score (nSPS) is 17.7. The van der Waals surface area contributed by atoms with Gasteiger partial charge < -0.3 is 14.8 Å². The van der Waals surface area contributed by atoms with E-state index in [1.807, 2.05) is 38.1 Å².